The molecule has 1 aromatic carbocycles. The SMILES string of the molecule is COc1c(C(C)Cl)cc(Cl)c(Cl)c1C1CN(CC(C)C)C1. The van der Waals surface area contributed by atoms with Gasteiger partial charge in [0.2, 0.25) is 0 Å². The molecule has 1 aromatic rings. The fraction of sp³-hybridized carbons (Fsp3) is 0.625. The summed E-state index contributed by atoms with van der Waals surface area (Å²) >= 11 is 19.0. The van der Waals surface area contributed by atoms with E-state index in [2.05, 4.69) is 18.7 Å². The van der Waals surface area contributed by atoms with Gasteiger partial charge in [-0.05, 0) is 18.9 Å². The van der Waals surface area contributed by atoms with Gasteiger partial charge in [-0.2, -0.15) is 0 Å². The Morgan fingerprint density at radius 3 is 2.38 bits per heavy atom. The van der Waals surface area contributed by atoms with Gasteiger partial charge in [-0.3, -0.25) is 0 Å². The molecule has 2 rings (SSSR count). The molecule has 0 radical (unpaired) electrons. The van der Waals surface area contributed by atoms with Gasteiger partial charge in [-0.1, -0.05) is 37.0 Å². The highest BCUT2D eigenvalue weighted by molar-refractivity contribution is 6.42. The zero-order chi connectivity index (χ0) is 15.7. The molecule has 0 bridgehead atoms. The molecule has 0 saturated carbocycles. The maximum Gasteiger partial charge on any atom is 0.128 e. The van der Waals surface area contributed by atoms with Crippen LogP contribution in [0, 0.1) is 5.92 Å². The summed E-state index contributed by atoms with van der Waals surface area (Å²) in [5, 5.41) is 0.987. The van der Waals surface area contributed by atoms with Crippen LogP contribution in [-0.2, 0) is 0 Å². The van der Waals surface area contributed by atoms with Crippen LogP contribution in [0.15, 0.2) is 6.07 Å². The van der Waals surface area contributed by atoms with Gasteiger partial charge < -0.3 is 9.64 Å². The molecule has 0 aliphatic carbocycles. The number of benzene rings is 1. The van der Waals surface area contributed by atoms with Crippen LogP contribution in [0.25, 0.3) is 0 Å². The first kappa shape index (κ1) is 17.2. The van der Waals surface area contributed by atoms with Gasteiger partial charge in [0.1, 0.15) is 5.75 Å². The molecule has 1 heterocycles. The summed E-state index contributed by atoms with van der Waals surface area (Å²) in [6, 6.07) is 1.81. The molecule has 1 aliphatic heterocycles. The molecule has 1 aliphatic rings. The number of hydrogen-bond donors (Lipinski definition) is 0. The lowest BCUT2D eigenvalue weighted by atomic mass is 9.88. The van der Waals surface area contributed by atoms with Crippen molar-refractivity contribution >= 4 is 34.8 Å². The average Bonchev–Trinajstić information content (AvgIpc) is 2.36. The first-order valence-electron chi connectivity index (χ1n) is 7.27. The van der Waals surface area contributed by atoms with E-state index < -0.39 is 0 Å². The molecule has 1 saturated heterocycles. The lowest BCUT2D eigenvalue weighted by Crippen LogP contribution is -2.46. The van der Waals surface area contributed by atoms with E-state index in [4.69, 9.17) is 39.5 Å². The fourth-order valence-electron chi connectivity index (χ4n) is 2.96. The Balaban J connectivity index is 2.31. The average molecular weight is 351 g/mol. The molecule has 0 spiro atoms. The highest BCUT2D eigenvalue weighted by atomic mass is 35.5. The third-order valence-electron chi connectivity index (χ3n) is 3.86. The molecule has 0 amide bonds. The molecular formula is C16H22Cl3NO. The van der Waals surface area contributed by atoms with Crippen LogP contribution < -0.4 is 4.74 Å². The van der Waals surface area contributed by atoms with E-state index in [0.717, 1.165) is 36.5 Å². The zero-order valence-corrected chi connectivity index (χ0v) is 15.2. The van der Waals surface area contributed by atoms with Gasteiger partial charge >= 0.3 is 0 Å². The maximum absolute atomic E-state index is 6.44. The van der Waals surface area contributed by atoms with E-state index in [1.165, 1.54) is 0 Å². The van der Waals surface area contributed by atoms with Crippen molar-refractivity contribution in [2.24, 2.45) is 5.92 Å². The lowest BCUT2D eigenvalue weighted by molar-refractivity contribution is 0.129. The Bertz CT molecular complexity index is 511. The predicted molar refractivity (Wildman–Crippen MR) is 91.3 cm³/mol. The normalized spacial score (nSPS) is 17.9. The largest absolute Gasteiger partial charge is 0.496 e. The molecule has 118 valence electrons. The number of hydrogen-bond acceptors (Lipinski definition) is 2. The monoisotopic (exact) mass is 349 g/mol. The third-order valence-corrected chi connectivity index (χ3v) is 4.89. The van der Waals surface area contributed by atoms with Gasteiger partial charge in [0.15, 0.2) is 0 Å². The Morgan fingerprint density at radius 1 is 1.29 bits per heavy atom. The second kappa shape index (κ2) is 6.95. The van der Waals surface area contributed by atoms with Crippen molar-refractivity contribution in [2.75, 3.05) is 26.7 Å². The smallest absolute Gasteiger partial charge is 0.128 e. The van der Waals surface area contributed by atoms with E-state index in [1.54, 1.807) is 7.11 Å². The quantitative estimate of drug-likeness (QED) is 0.663. The number of ether oxygens (including phenoxy) is 1. The van der Waals surface area contributed by atoms with Crippen molar-refractivity contribution in [3.63, 3.8) is 0 Å². The molecule has 5 heteroatoms. The number of halogens is 3. The summed E-state index contributed by atoms with van der Waals surface area (Å²) in [5.74, 6) is 1.82. The summed E-state index contributed by atoms with van der Waals surface area (Å²) in [6.45, 7) is 9.46. The van der Waals surface area contributed by atoms with Crippen LogP contribution in [0.4, 0.5) is 0 Å². The van der Waals surface area contributed by atoms with E-state index in [1.807, 2.05) is 13.0 Å². The molecule has 0 N–H and O–H groups in total. The summed E-state index contributed by atoms with van der Waals surface area (Å²) in [7, 11) is 1.66. The summed E-state index contributed by atoms with van der Waals surface area (Å²) < 4.78 is 5.60. The van der Waals surface area contributed by atoms with Crippen molar-refractivity contribution in [1.82, 2.24) is 4.90 Å². The van der Waals surface area contributed by atoms with Crippen molar-refractivity contribution in [3.05, 3.63) is 27.2 Å². The topological polar surface area (TPSA) is 12.5 Å². The molecule has 1 unspecified atom stereocenters. The highest BCUT2D eigenvalue weighted by Crippen LogP contribution is 2.46. The van der Waals surface area contributed by atoms with Gasteiger partial charge in [-0.25, -0.2) is 0 Å². The number of methoxy groups -OCH3 is 1. The molecular weight excluding hydrogens is 329 g/mol. The van der Waals surface area contributed by atoms with Gasteiger partial charge in [-0.15, -0.1) is 11.6 Å². The Morgan fingerprint density at radius 2 is 1.90 bits per heavy atom. The van der Waals surface area contributed by atoms with Crippen LogP contribution in [0.1, 0.15) is 43.2 Å². The standard InChI is InChI=1S/C16H22Cl3NO/c1-9(2)6-20-7-11(8-20)14-15(19)13(18)5-12(10(3)17)16(14)21-4/h5,9-11H,6-8H2,1-4H3. The van der Waals surface area contributed by atoms with Crippen molar-refractivity contribution in [2.45, 2.75) is 32.1 Å². The summed E-state index contributed by atoms with van der Waals surface area (Å²) in [5.41, 5.74) is 1.92. The second-order valence-corrected chi connectivity index (χ2v) is 7.57. The lowest BCUT2D eigenvalue weighted by Gasteiger charge is -2.41. The zero-order valence-electron chi connectivity index (χ0n) is 12.9. The minimum atomic E-state index is -0.166. The van der Waals surface area contributed by atoms with E-state index in [0.29, 0.717) is 21.9 Å². The van der Waals surface area contributed by atoms with E-state index in [-0.39, 0.29) is 5.38 Å². The van der Waals surface area contributed by atoms with E-state index in [9.17, 15) is 0 Å². The van der Waals surface area contributed by atoms with Crippen molar-refractivity contribution in [3.8, 4) is 5.75 Å². The fourth-order valence-corrected chi connectivity index (χ4v) is 3.63. The van der Waals surface area contributed by atoms with Crippen LogP contribution in [0.2, 0.25) is 10.0 Å². The molecule has 2 nitrogen and oxygen atoms in total. The third kappa shape index (κ3) is 3.61. The number of rotatable bonds is 5. The molecule has 1 fully saturated rings. The Hall–Kier alpha value is -0.150. The minimum absolute atomic E-state index is 0.166. The summed E-state index contributed by atoms with van der Waals surface area (Å²) in [4.78, 5) is 2.43. The van der Waals surface area contributed by atoms with E-state index >= 15 is 0 Å². The predicted octanol–water partition coefficient (Wildman–Crippen LogP) is 5.36. The highest BCUT2D eigenvalue weighted by Gasteiger charge is 2.34. The van der Waals surface area contributed by atoms with Crippen LogP contribution in [0.3, 0.4) is 0 Å². The maximum atomic E-state index is 6.44. The number of nitrogens with zero attached hydrogens (tertiary/aromatic N) is 1. The molecule has 1 atom stereocenters. The van der Waals surface area contributed by atoms with Crippen LogP contribution >= 0.6 is 34.8 Å². The minimum Gasteiger partial charge on any atom is -0.496 e. The van der Waals surface area contributed by atoms with Crippen LogP contribution in [-0.4, -0.2) is 31.6 Å². The molecule has 0 aromatic heterocycles. The summed E-state index contributed by atoms with van der Waals surface area (Å²) in [6.07, 6.45) is 0. The Labute approximate surface area is 142 Å². The number of alkyl halides is 1. The van der Waals surface area contributed by atoms with Gasteiger partial charge in [0.05, 0.1) is 22.5 Å². The second-order valence-electron chi connectivity index (χ2n) is 6.13. The Kier molecular flexibility index (Phi) is 5.70. The van der Waals surface area contributed by atoms with Gasteiger partial charge in [0, 0.05) is 36.7 Å². The van der Waals surface area contributed by atoms with Gasteiger partial charge in [0.25, 0.3) is 0 Å². The van der Waals surface area contributed by atoms with Crippen molar-refractivity contribution < 1.29 is 4.74 Å². The molecule has 21 heavy (non-hydrogen) atoms. The van der Waals surface area contributed by atoms with Crippen LogP contribution in [0.5, 0.6) is 5.75 Å². The first-order chi connectivity index (χ1) is 9.85. The number of likely N-dealkylation sites (tertiary alicyclic amines) is 1. The van der Waals surface area contributed by atoms with Crippen molar-refractivity contribution in [1.29, 1.82) is 0 Å². The first-order valence-corrected chi connectivity index (χ1v) is 8.46.